The number of carbonyl (C=O) groups is 1. The topological polar surface area (TPSA) is 81.4 Å². The van der Waals surface area contributed by atoms with E-state index in [1.165, 1.54) is 24.4 Å². The molecule has 160 valence electrons. The molecule has 0 radical (unpaired) electrons. The van der Waals surface area contributed by atoms with Crippen LogP contribution in [0.3, 0.4) is 0 Å². The fourth-order valence-electron chi connectivity index (χ4n) is 3.21. The molecule has 0 bridgehead atoms. The minimum atomic E-state index is -0.177. The highest BCUT2D eigenvalue weighted by Crippen LogP contribution is 2.31. The zero-order valence-corrected chi connectivity index (χ0v) is 19.4. The first-order valence-electron chi connectivity index (χ1n) is 9.83. The predicted octanol–water partition coefficient (Wildman–Crippen LogP) is 4.78. The van der Waals surface area contributed by atoms with Crippen molar-refractivity contribution in [3.05, 3.63) is 39.7 Å². The van der Waals surface area contributed by atoms with Gasteiger partial charge in [-0.15, -0.1) is 5.10 Å². The Hall–Kier alpha value is -2.32. The molecule has 0 unspecified atom stereocenters. The van der Waals surface area contributed by atoms with Crippen molar-refractivity contribution in [2.45, 2.75) is 52.1 Å². The second kappa shape index (κ2) is 9.66. The molecule has 1 amide bonds. The highest BCUT2D eigenvalue weighted by molar-refractivity contribution is 7.99. The number of nitrogens with one attached hydrogen (secondary N) is 1. The van der Waals surface area contributed by atoms with E-state index in [2.05, 4.69) is 27.3 Å². The fourth-order valence-corrected chi connectivity index (χ4v) is 3.98. The van der Waals surface area contributed by atoms with Gasteiger partial charge in [0.25, 0.3) is 5.78 Å². The monoisotopic (exact) mass is 447 g/mol. The summed E-state index contributed by atoms with van der Waals surface area (Å²) in [5.74, 6) is 1.07. The summed E-state index contributed by atoms with van der Waals surface area (Å²) in [5.41, 5.74) is 4.70. The number of benzene rings is 1. The molecule has 9 heteroatoms. The second-order valence-corrected chi connectivity index (χ2v) is 8.46. The van der Waals surface area contributed by atoms with Crippen LogP contribution < -0.4 is 10.1 Å². The van der Waals surface area contributed by atoms with E-state index in [0.717, 1.165) is 36.2 Å². The molecule has 0 spiro atoms. The largest absolute Gasteiger partial charge is 0.495 e. The summed E-state index contributed by atoms with van der Waals surface area (Å²) in [6.07, 6.45) is 3.21. The van der Waals surface area contributed by atoms with Crippen molar-refractivity contribution in [3.63, 3.8) is 0 Å². The number of carbonyl (C=O) groups excluding carboxylic acids is 1. The average molecular weight is 448 g/mol. The summed E-state index contributed by atoms with van der Waals surface area (Å²) in [5, 5.41) is 8.52. The van der Waals surface area contributed by atoms with Gasteiger partial charge in [-0.1, -0.05) is 36.7 Å². The Bertz CT molecular complexity index is 1080. The van der Waals surface area contributed by atoms with Gasteiger partial charge in [-0.2, -0.15) is 4.98 Å². The molecule has 0 saturated carbocycles. The number of unbranched alkanes of at least 4 members (excludes halogenated alkanes) is 1. The van der Waals surface area contributed by atoms with E-state index in [1.54, 1.807) is 16.6 Å². The van der Waals surface area contributed by atoms with Crippen LogP contribution >= 0.6 is 23.4 Å². The number of thioether (sulfide) groups is 1. The lowest BCUT2D eigenvalue weighted by Gasteiger charge is -2.11. The van der Waals surface area contributed by atoms with Crippen molar-refractivity contribution in [1.29, 1.82) is 0 Å². The summed E-state index contributed by atoms with van der Waals surface area (Å²) in [6.45, 7) is 8.09. The summed E-state index contributed by atoms with van der Waals surface area (Å²) >= 11 is 7.39. The molecule has 0 aliphatic carbocycles. The highest BCUT2D eigenvalue weighted by Gasteiger charge is 2.15. The van der Waals surface area contributed by atoms with Crippen LogP contribution in [0.15, 0.2) is 17.3 Å². The quantitative estimate of drug-likeness (QED) is 0.500. The first kappa shape index (κ1) is 22.4. The molecule has 3 aromatic rings. The molecule has 3 rings (SSSR count). The molecule has 1 N–H and O–H groups in total. The van der Waals surface area contributed by atoms with E-state index in [1.807, 2.05) is 20.8 Å². The summed E-state index contributed by atoms with van der Waals surface area (Å²) in [7, 11) is 1.54. The van der Waals surface area contributed by atoms with Crippen molar-refractivity contribution in [2.75, 3.05) is 18.2 Å². The molecule has 1 aromatic carbocycles. The maximum absolute atomic E-state index is 12.5. The van der Waals surface area contributed by atoms with Gasteiger partial charge in [0.1, 0.15) is 5.75 Å². The van der Waals surface area contributed by atoms with E-state index in [0.29, 0.717) is 27.4 Å². The van der Waals surface area contributed by atoms with Gasteiger partial charge in [0.05, 0.1) is 18.6 Å². The lowest BCUT2D eigenvalue weighted by molar-refractivity contribution is -0.113. The van der Waals surface area contributed by atoms with Crippen molar-refractivity contribution < 1.29 is 9.53 Å². The fraction of sp³-hybridized carbons (Fsp3) is 0.429. The van der Waals surface area contributed by atoms with Crippen LogP contribution in [-0.4, -0.2) is 38.4 Å². The number of rotatable bonds is 8. The molecule has 2 aromatic heterocycles. The number of hydrogen-bond donors (Lipinski definition) is 1. The zero-order chi connectivity index (χ0) is 21.8. The molecular weight excluding hydrogens is 422 g/mol. The van der Waals surface area contributed by atoms with Gasteiger partial charge >= 0.3 is 0 Å². The standard InChI is InChI=1S/C21H26ClN5O2S/c1-6-7-8-15-13(3)23-20-25-21(26-27(20)14(15)4)30-11-19(28)24-17-9-12(2)16(22)10-18(17)29-5/h9-10H,6-8,11H2,1-5H3,(H,24,28). The van der Waals surface area contributed by atoms with Crippen LogP contribution in [-0.2, 0) is 11.2 Å². The van der Waals surface area contributed by atoms with Gasteiger partial charge in [0.15, 0.2) is 0 Å². The molecule has 7 nitrogen and oxygen atoms in total. The van der Waals surface area contributed by atoms with Crippen LogP contribution in [0.25, 0.3) is 5.78 Å². The molecule has 0 aliphatic heterocycles. The van der Waals surface area contributed by atoms with E-state index in [4.69, 9.17) is 16.3 Å². The Morgan fingerprint density at radius 2 is 2.03 bits per heavy atom. The highest BCUT2D eigenvalue weighted by atomic mass is 35.5. The van der Waals surface area contributed by atoms with Gasteiger partial charge in [-0.25, -0.2) is 9.50 Å². The molecule has 0 atom stereocenters. The normalized spacial score (nSPS) is 11.1. The number of fused-ring (bicyclic) bond motifs is 1. The Kier molecular flexibility index (Phi) is 7.20. The lowest BCUT2D eigenvalue weighted by Crippen LogP contribution is -2.15. The third kappa shape index (κ3) is 4.87. The SMILES string of the molecule is CCCCc1c(C)nc2nc(SCC(=O)Nc3cc(C)c(Cl)cc3OC)nn2c1C. The number of halogens is 1. The summed E-state index contributed by atoms with van der Waals surface area (Å²) in [6, 6.07) is 3.48. The van der Waals surface area contributed by atoms with Crippen molar-refractivity contribution in [3.8, 4) is 5.75 Å². The number of aryl methyl sites for hydroxylation is 3. The lowest BCUT2D eigenvalue weighted by atomic mass is 10.1. The van der Waals surface area contributed by atoms with Gasteiger partial charge < -0.3 is 10.1 Å². The van der Waals surface area contributed by atoms with E-state index >= 15 is 0 Å². The maximum atomic E-state index is 12.5. The summed E-state index contributed by atoms with van der Waals surface area (Å²) in [4.78, 5) is 21.5. The number of aromatic nitrogens is 4. The van der Waals surface area contributed by atoms with Gasteiger partial charge in [-0.05, 0) is 50.8 Å². The van der Waals surface area contributed by atoms with E-state index < -0.39 is 0 Å². The minimum Gasteiger partial charge on any atom is -0.495 e. The van der Waals surface area contributed by atoms with Crippen molar-refractivity contribution in [2.24, 2.45) is 0 Å². The van der Waals surface area contributed by atoms with Gasteiger partial charge in [-0.3, -0.25) is 4.79 Å². The first-order chi connectivity index (χ1) is 14.3. The molecule has 0 saturated heterocycles. The first-order valence-corrected chi connectivity index (χ1v) is 11.2. The van der Waals surface area contributed by atoms with E-state index in [9.17, 15) is 4.79 Å². The molecular formula is C21H26ClN5O2S. The molecule has 2 heterocycles. The number of amides is 1. The Morgan fingerprint density at radius 3 is 2.73 bits per heavy atom. The van der Waals surface area contributed by atoms with Gasteiger partial charge in [0, 0.05) is 22.5 Å². The van der Waals surface area contributed by atoms with Crippen molar-refractivity contribution in [1.82, 2.24) is 19.6 Å². The second-order valence-electron chi connectivity index (χ2n) is 7.11. The summed E-state index contributed by atoms with van der Waals surface area (Å²) < 4.78 is 7.07. The molecule has 0 aliphatic rings. The zero-order valence-electron chi connectivity index (χ0n) is 17.9. The Labute approximate surface area is 185 Å². The number of anilines is 1. The van der Waals surface area contributed by atoms with Crippen molar-refractivity contribution >= 4 is 40.7 Å². The number of methoxy groups -OCH3 is 1. The molecule has 0 fully saturated rings. The van der Waals surface area contributed by atoms with Gasteiger partial charge in [0.2, 0.25) is 11.1 Å². The maximum Gasteiger partial charge on any atom is 0.253 e. The Morgan fingerprint density at radius 1 is 1.27 bits per heavy atom. The Balaban J connectivity index is 1.72. The third-order valence-corrected chi connectivity index (χ3v) is 6.14. The predicted molar refractivity (Wildman–Crippen MR) is 121 cm³/mol. The number of ether oxygens (including phenoxy) is 1. The molecule has 30 heavy (non-hydrogen) atoms. The van der Waals surface area contributed by atoms with Crippen LogP contribution in [0.5, 0.6) is 5.75 Å². The minimum absolute atomic E-state index is 0.169. The van der Waals surface area contributed by atoms with Crippen LogP contribution in [0.1, 0.15) is 42.3 Å². The number of nitrogens with zero attached hydrogens (tertiary/aromatic N) is 4. The third-order valence-electron chi connectivity index (χ3n) is 4.90. The average Bonchev–Trinajstić information content (AvgIpc) is 3.12. The van der Waals surface area contributed by atoms with Crippen LogP contribution in [0.4, 0.5) is 5.69 Å². The van der Waals surface area contributed by atoms with Crippen LogP contribution in [0, 0.1) is 20.8 Å². The van der Waals surface area contributed by atoms with E-state index in [-0.39, 0.29) is 11.7 Å². The smallest absolute Gasteiger partial charge is 0.253 e. The number of hydrogen-bond acceptors (Lipinski definition) is 6. The van der Waals surface area contributed by atoms with Crippen LogP contribution in [0.2, 0.25) is 5.02 Å².